The van der Waals surface area contributed by atoms with Gasteiger partial charge in [-0.25, -0.2) is 0 Å². The van der Waals surface area contributed by atoms with Crippen LogP contribution in [0.1, 0.15) is 29.9 Å². The summed E-state index contributed by atoms with van der Waals surface area (Å²) in [5, 5.41) is 14.6. The zero-order chi connectivity index (χ0) is 14.1. The van der Waals surface area contributed by atoms with E-state index < -0.39 is 0 Å². The Morgan fingerprint density at radius 3 is 2.60 bits per heavy atom. The minimum Gasteiger partial charge on any atom is -0.406 e. The topological polar surface area (TPSA) is 63.0 Å². The van der Waals surface area contributed by atoms with Crippen LogP contribution in [0.5, 0.6) is 0 Å². The predicted molar refractivity (Wildman–Crippen MR) is 81.1 cm³/mol. The number of anilines is 2. The van der Waals surface area contributed by atoms with E-state index in [9.17, 15) is 0 Å². The van der Waals surface area contributed by atoms with Gasteiger partial charge in [-0.3, -0.25) is 0 Å². The third-order valence-electron chi connectivity index (χ3n) is 3.32. The molecule has 1 aromatic heterocycles. The SMILES string of the molecule is Cc1cc(Br)cc(C)c1Nc1nnc(CNC2CC2)o1. The summed E-state index contributed by atoms with van der Waals surface area (Å²) in [7, 11) is 0. The zero-order valence-corrected chi connectivity index (χ0v) is 13.1. The molecule has 5 nitrogen and oxygen atoms in total. The molecule has 1 fully saturated rings. The van der Waals surface area contributed by atoms with E-state index in [1.54, 1.807) is 0 Å². The van der Waals surface area contributed by atoms with Crippen LogP contribution >= 0.6 is 15.9 Å². The number of rotatable bonds is 5. The summed E-state index contributed by atoms with van der Waals surface area (Å²) in [6.07, 6.45) is 2.49. The summed E-state index contributed by atoms with van der Waals surface area (Å²) >= 11 is 3.49. The molecule has 6 heteroatoms. The molecule has 1 aliphatic carbocycles. The van der Waals surface area contributed by atoms with Crippen LogP contribution in [0, 0.1) is 13.8 Å². The molecule has 1 aromatic carbocycles. The first kappa shape index (κ1) is 13.6. The Labute approximate surface area is 126 Å². The molecule has 0 saturated heterocycles. The summed E-state index contributed by atoms with van der Waals surface area (Å²) in [5.74, 6) is 0.617. The van der Waals surface area contributed by atoms with Crippen LogP contribution in [0.2, 0.25) is 0 Å². The normalized spacial score (nSPS) is 14.6. The number of hydrogen-bond acceptors (Lipinski definition) is 5. The summed E-state index contributed by atoms with van der Waals surface area (Å²) in [5.41, 5.74) is 3.28. The molecule has 0 amide bonds. The first-order chi connectivity index (χ1) is 9.61. The maximum absolute atomic E-state index is 5.60. The summed E-state index contributed by atoms with van der Waals surface area (Å²) in [6, 6.07) is 5.18. The van der Waals surface area contributed by atoms with Crippen LogP contribution in [0.25, 0.3) is 0 Å². The van der Waals surface area contributed by atoms with Gasteiger partial charge in [0.1, 0.15) is 0 Å². The Hall–Kier alpha value is -1.40. The number of aromatic nitrogens is 2. The molecule has 0 unspecified atom stereocenters. The highest BCUT2D eigenvalue weighted by Gasteiger charge is 2.21. The first-order valence-corrected chi connectivity index (χ1v) is 7.50. The molecule has 106 valence electrons. The van der Waals surface area contributed by atoms with Gasteiger partial charge in [0.2, 0.25) is 5.89 Å². The summed E-state index contributed by atoms with van der Waals surface area (Å²) in [6.45, 7) is 4.73. The van der Waals surface area contributed by atoms with E-state index >= 15 is 0 Å². The highest BCUT2D eigenvalue weighted by atomic mass is 79.9. The monoisotopic (exact) mass is 336 g/mol. The molecule has 1 heterocycles. The van der Waals surface area contributed by atoms with Crippen LogP contribution < -0.4 is 10.6 Å². The second kappa shape index (κ2) is 5.54. The van der Waals surface area contributed by atoms with Crippen molar-refractivity contribution in [3.63, 3.8) is 0 Å². The van der Waals surface area contributed by atoms with Gasteiger partial charge in [0, 0.05) is 16.2 Å². The van der Waals surface area contributed by atoms with Crippen LogP contribution in [0.3, 0.4) is 0 Å². The molecule has 3 rings (SSSR count). The Morgan fingerprint density at radius 2 is 1.95 bits per heavy atom. The molecule has 1 saturated carbocycles. The van der Waals surface area contributed by atoms with E-state index in [1.165, 1.54) is 12.8 Å². The predicted octanol–water partition coefficient (Wildman–Crippen LogP) is 3.44. The number of halogens is 1. The third-order valence-corrected chi connectivity index (χ3v) is 3.77. The van der Waals surface area contributed by atoms with Crippen LogP contribution in [-0.4, -0.2) is 16.2 Å². The fraction of sp³-hybridized carbons (Fsp3) is 0.429. The maximum atomic E-state index is 5.60. The number of aryl methyl sites for hydroxylation is 2. The van der Waals surface area contributed by atoms with E-state index in [2.05, 4.69) is 48.9 Å². The molecule has 1 aliphatic rings. The largest absolute Gasteiger partial charge is 0.406 e. The fourth-order valence-electron chi connectivity index (χ4n) is 2.11. The number of nitrogens with zero attached hydrogens (tertiary/aromatic N) is 2. The van der Waals surface area contributed by atoms with Crippen molar-refractivity contribution in [3.8, 4) is 0 Å². The molecular weight excluding hydrogens is 320 g/mol. The molecule has 0 radical (unpaired) electrons. The molecule has 2 aromatic rings. The number of nitrogens with one attached hydrogen (secondary N) is 2. The van der Waals surface area contributed by atoms with Crippen molar-refractivity contribution in [2.45, 2.75) is 39.3 Å². The average molecular weight is 337 g/mol. The molecule has 2 N–H and O–H groups in total. The minimum atomic E-state index is 0.436. The van der Waals surface area contributed by atoms with E-state index in [4.69, 9.17) is 4.42 Å². The number of hydrogen-bond donors (Lipinski definition) is 2. The Balaban J connectivity index is 1.70. The van der Waals surface area contributed by atoms with Gasteiger partial charge in [-0.05, 0) is 49.9 Å². The molecular formula is C14H17BrN4O. The van der Waals surface area contributed by atoms with E-state index in [-0.39, 0.29) is 0 Å². The van der Waals surface area contributed by atoms with Gasteiger partial charge in [0.25, 0.3) is 0 Å². The lowest BCUT2D eigenvalue weighted by molar-refractivity contribution is 0.478. The van der Waals surface area contributed by atoms with Crippen LogP contribution in [0.4, 0.5) is 11.7 Å². The van der Waals surface area contributed by atoms with Crippen molar-refractivity contribution in [2.75, 3.05) is 5.32 Å². The van der Waals surface area contributed by atoms with Gasteiger partial charge in [-0.15, -0.1) is 5.10 Å². The zero-order valence-electron chi connectivity index (χ0n) is 11.5. The van der Waals surface area contributed by atoms with Crippen molar-refractivity contribution >= 4 is 27.6 Å². The summed E-state index contributed by atoms with van der Waals surface area (Å²) in [4.78, 5) is 0. The standard InChI is InChI=1S/C14H17BrN4O/c1-8-5-10(15)6-9(2)13(8)17-14-19-18-12(20-14)7-16-11-3-4-11/h5-6,11,16H,3-4,7H2,1-2H3,(H,17,19). The smallest absolute Gasteiger partial charge is 0.320 e. The van der Waals surface area contributed by atoms with Gasteiger partial charge in [-0.1, -0.05) is 21.0 Å². The molecule has 0 atom stereocenters. The van der Waals surface area contributed by atoms with Gasteiger partial charge in [0.05, 0.1) is 6.54 Å². The quantitative estimate of drug-likeness (QED) is 0.875. The highest BCUT2D eigenvalue weighted by Crippen LogP contribution is 2.27. The molecule has 0 spiro atoms. The fourth-order valence-corrected chi connectivity index (χ4v) is 2.80. The number of benzene rings is 1. The minimum absolute atomic E-state index is 0.436. The average Bonchev–Trinajstić information content (AvgIpc) is 3.11. The van der Waals surface area contributed by atoms with Crippen LogP contribution in [-0.2, 0) is 6.54 Å². The molecule has 20 heavy (non-hydrogen) atoms. The highest BCUT2D eigenvalue weighted by molar-refractivity contribution is 9.10. The van der Waals surface area contributed by atoms with Crippen molar-refractivity contribution in [3.05, 3.63) is 33.6 Å². The van der Waals surface area contributed by atoms with Gasteiger partial charge >= 0.3 is 6.01 Å². The lowest BCUT2D eigenvalue weighted by Crippen LogP contribution is -2.15. The molecule has 0 aliphatic heterocycles. The lowest BCUT2D eigenvalue weighted by Gasteiger charge is -2.10. The van der Waals surface area contributed by atoms with E-state index in [0.29, 0.717) is 24.5 Å². The molecule has 0 bridgehead atoms. The lowest BCUT2D eigenvalue weighted by atomic mass is 10.1. The second-order valence-corrected chi connectivity index (χ2v) is 6.11. The third kappa shape index (κ3) is 3.19. The Kier molecular flexibility index (Phi) is 3.76. The van der Waals surface area contributed by atoms with Crippen molar-refractivity contribution in [1.82, 2.24) is 15.5 Å². The van der Waals surface area contributed by atoms with Crippen LogP contribution in [0.15, 0.2) is 21.0 Å². The van der Waals surface area contributed by atoms with Gasteiger partial charge in [0.15, 0.2) is 0 Å². The van der Waals surface area contributed by atoms with Gasteiger partial charge < -0.3 is 15.1 Å². The van der Waals surface area contributed by atoms with Crippen molar-refractivity contribution in [2.24, 2.45) is 0 Å². The van der Waals surface area contributed by atoms with E-state index in [1.807, 2.05) is 13.8 Å². The van der Waals surface area contributed by atoms with Crippen molar-refractivity contribution in [1.29, 1.82) is 0 Å². The second-order valence-electron chi connectivity index (χ2n) is 5.20. The Bertz CT molecular complexity index is 598. The maximum Gasteiger partial charge on any atom is 0.320 e. The summed E-state index contributed by atoms with van der Waals surface area (Å²) < 4.78 is 6.67. The van der Waals surface area contributed by atoms with Gasteiger partial charge in [-0.2, -0.15) is 0 Å². The van der Waals surface area contributed by atoms with Crippen molar-refractivity contribution < 1.29 is 4.42 Å². The van der Waals surface area contributed by atoms with E-state index in [0.717, 1.165) is 21.3 Å². The Morgan fingerprint density at radius 1 is 1.25 bits per heavy atom. The first-order valence-electron chi connectivity index (χ1n) is 6.71.